The lowest BCUT2D eigenvalue weighted by atomic mass is 9.93. The summed E-state index contributed by atoms with van der Waals surface area (Å²) in [5.74, 6) is 2.03. The number of aromatic nitrogens is 4. The maximum atomic E-state index is 12.0. The third kappa shape index (κ3) is 4.17. The average molecular weight is 480 g/mol. The molecule has 0 unspecified atom stereocenters. The van der Waals surface area contributed by atoms with Gasteiger partial charge in [0.15, 0.2) is 0 Å². The number of halogens is 1. The third-order valence-electron chi connectivity index (χ3n) is 7.28. The minimum Gasteiger partial charge on any atom is -0.469 e. The van der Waals surface area contributed by atoms with E-state index in [9.17, 15) is 4.79 Å². The average Bonchev–Trinajstić information content (AvgIpc) is 3.56. The summed E-state index contributed by atoms with van der Waals surface area (Å²) in [4.78, 5) is 18.5. The lowest BCUT2D eigenvalue weighted by molar-refractivity contribution is -0.140. The van der Waals surface area contributed by atoms with Crippen molar-refractivity contribution in [3.8, 4) is 0 Å². The molecule has 0 N–H and O–H groups in total. The molecule has 8 heteroatoms. The fourth-order valence-electron chi connectivity index (χ4n) is 5.31. The molecule has 3 heterocycles. The number of aryl methyl sites for hydroxylation is 1. The van der Waals surface area contributed by atoms with Gasteiger partial charge in [0.25, 0.3) is 0 Å². The summed E-state index contributed by atoms with van der Waals surface area (Å²) in [6, 6.07) is 10.5. The Kier molecular flexibility index (Phi) is 6.30. The van der Waals surface area contributed by atoms with E-state index in [1.54, 1.807) is 6.20 Å². The van der Waals surface area contributed by atoms with Crippen LogP contribution in [0.2, 0.25) is 5.02 Å². The highest BCUT2D eigenvalue weighted by molar-refractivity contribution is 6.33. The van der Waals surface area contributed by atoms with Crippen LogP contribution in [0.15, 0.2) is 42.7 Å². The Balaban J connectivity index is 1.41. The molecule has 3 aromatic rings. The standard InChI is InChI=1S/C26H30ClN5O2/c1-18-16-28-17-21(27)23(18)31-13-8-19(9-14-31)24-29-30-25(32(24)15-10-22(33)34-2)26(11-12-26)20-6-4-3-5-7-20/h3-7,16-17,19H,8-15H2,1-2H3. The number of methoxy groups -OCH3 is 1. The van der Waals surface area contributed by atoms with Crippen LogP contribution in [0.5, 0.6) is 0 Å². The minimum atomic E-state index is -0.215. The molecule has 178 valence electrons. The van der Waals surface area contributed by atoms with E-state index in [1.165, 1.54) is 12.7 Å². The summed E-state index contributed by atoms with van der Waals surface area (Å²) in [5.41, 5.74) is 3.33. The minimum absolute atomic E-state index is 0.106. The van der Waals surface area contributed by atoms with E-state index in [-0.39, 0.29) is 17.3 Å². The lowest BCUT2D eigenvalue weighted by Crippen LogP contribution is -2.34. The van der Waals surface area contributed by atoms with E-state index in [1.807, 2.05) is 12.3 Å². The second kappa shape index (κ2) is 9.37. The number of hydrogen-bond acceptors (Lipinski definition) is 6. The molecular formula is C26H30ClN5O2. The van der Waals surface area contributed by atoms with Gasteiger partial charge in [-0.1, -0.05) is 41.9 Å². The number of rotatable bonds is 7. The Bertz CT molecular complexity index is 1150. The van der Waals surface area contributed by atoms with E-state index in [2.05, 4.69) is 45.6 Å². The van der Waals surface area contributed by atoms with Crippen LogP contribution in [0.3, 0.4) is 0 Å². The summed E-state index contributed by atoms with van der Waals surface area (Å²) in [7, 11) is 1.44. The maximum absolute atomic E-state index is 12.0. The fraction of sp³-hybridized carbons (Fsp3) is 0.462. The Morgan fingerprint density at radius 2 is 1.88 bits per heavy atom. The molecule has 0 radical (unpaired) electrons. The van der Waals surface area contributed by atoms with Crippen molar-refractivity contribution in [3.63, 3.8) is 0 Å². The van der Waals surface area contributed by atoms with Gasteiger partial charge in [-0.15, -0.1) is 10.2 Å². The highest BCUT2D eigenvalue weighted by Crippen LogP contribution is 2.53. The number of anilines is 1. The van der Waals surface area contributed by atoms with Crippen molar-refractivity contribution in [2.45, 2.75) is 56.9 Å². The smallest absolute Gasteiger partial charge is 0.307 e. The van der Waals surface area contributed by atoms with E-state index in [0.717, 1.165) is 61.7 Å². The number of esters is 1. The molecular weight excluding hydrogens is 450 g/mol. The van der Waals surface area contributed by atoms with Crippen LogP contribution < -0.4 is 4.90 Å². The Labute approximate surface area is 205 Å². The number of piperidine rings is 1. The molecule has 1 aliphatic heterocycles. The molecule has 1 saturated carbocycles. The topological polar surface area (TPSA) is 73.1 Å². The molecule has 2 aliphatic rings. The number of ether oxygens (including phenoxy) is 1. The summed E-state index contributed by atoms with van der Waals surface area (Å²) < 4.78 is 7.14. The van der Waals surface area contributed by atoms with Crippen LogP contribution in [-0.2, 0) is 21.5 Å². The monoisotopic (exact) mass is 479 g/mol. The first-order valence-electron chi connectivity index (χ1n) is 11.9. The summed E-state index contributed by atoms with van der Waals surface area (Å²) in [6.45, 7) is 4.36. The first kappa shape index (κ1) is 22.8. The SMILES string of the molecule is COC(=O)CCn1c(C2CCN(c3c(C)cncc3Cl)CC2)nnc1C1(c2ccccc2)CC1. The molecule has 1 saturated heterocycles. The number of pyridine rings is 1. The molecule has 34 heavy (non-hydrogen) atoms. The van der Waals surface area contributed by atoms with Crippen LogP contribution in [-0.4, -0.2) is 45.9 Å². The first-order chi connectivity index (χ1) is 16.5. The van der Waals surface area contributed by atoms with Crippen molar-refractivity contribution in [3.05, 3.63) is 70.5 Å². The number of carbonyl (C=O) groups is 1. The van der Waals surface area contributed by atoms with Gasteiger partial charge in [0.1, 0.15) is 11.6 Å². The molecule has 0 bridgehead atoms. The lowest BCUT2D eigenvalue weighted by Gasteiger charge is -2.34. The van der Waals surface area contributed by atoms with Crippen LogP contribution in [0.1, 0.15) is 60.8 Å². The van der Waals surface area contributed by atoms with Gasteiger partial charge in [-0.05, 0) is 43.7 Å². The molecule has 0 spiro atoms. The molecule has 7 nitrogen and oxygen atoms in total. The van der Waals surface area contributed by atoms with Gasteiger partial charge >= 0.3 is 5.97 Å². The fourth-order valence-corrected chi connectivity index (χ4v) is 5.63. The predicted octanol–water partition coefficient (Wildman–Crippen LogP) is 4.66. The second-order valence-corrected chi connectivity index (χ2v) is 9.76. The Morgan fingerprint density at radius 3 is 2.53 bits per heavy atom. The van der Waals surface area contributed by atoms with Gasteiger partial charge in [-0.3, -0.25) is 9.78 Å². The normalized spacial score (nSPS) is 17.6. The summed E-state index contributed by atoms with van der Waals surface area (Å²) >= 11 is 6.47. The van der Waals surface area contributed by atoms with Crippen molar-refractivity contribution in [1.29, 1.82) is 0 Å². The van der Waals surface area contributed by atoms with Gasteiger partial charge in [-0.2, -0.15) is 0 Å². The molecule has 0 atom stereocenters. The largest absolute Gasteiger partial charge is 0.469 e. The Morgan fingerprint density at radius 1 is 1.15 bits per heavy atom. The van der Waals surface area contributed by atoms with Crippen molar-refractivity contribution in [2.75, 3.05) is 25.1 Å². The van der Waals surface area contributed by atoms with E-state index < -0.39 is 0 Å². The zero-order valence-electron chi connectivity index (χ0n) is 19.7. The van der Waals surface area contributed by atoms with E-state index in [0.29, 0.717) is 18.0 Å². The van der Waals surface area contributed by atoms with Crippen molar-refractivity contribution < 1.29 is 9.53 Å². The van der Waals surface area contributed by atoms with Gasteiger partial charge in [0.2, 0.25) is 0 Å². The van der Waals surface area contributed by atoms with Crippen LogP contribution in [0, 0.1) is 6.92 Å². The van der Waals surface area contributed by atoms with Crippen LogP contribution in [0.4, 0.5) is 5.69 Å². The molecule has 1 aromatic carbocycles. The van der Waals surface area contributed by atoms with Crippen molar-refractivity contribution >= 4 is 23.3 Å². The molecule has 5 rings (SSSR count). The van der Waals surface area contributed by atoms with Crippen molar-refractivity contribution in [1.82, 2.24) is 19.7 Å². The highest BCUT2D eigenvalue weighted by Gasteiger charge is 2.50. The quantitative estimate of drug-likeness (QED) is 0.459. The molecule has 2 aromatic heterocycles. The van der Waals surface area contributed by atoms with E-state index in [4.69, 9.17) is 26.5 Å². The van der Waals surface area contributed by atoms with E-state index >= 15 is 0 Å². The number of carbonyl (C=O) groups excluding carboxylic acids is 1. The number of benzene rings is 1. The maximum Gasteiger partial charge on any atom is 0.307 e. The number of nitrogens with zero attached hydrogens (tertiary/aromatic N) is 5. The van der Waals surface area contributed by atoms with Gasteiger partial charge in [0, 0.05) is 37.9 Å². The summed E-state index contributed by atoms with van der Waals surface area (Å²) in [5, 5.41) is 10.1. The predicted molar refractivity (Wildman–Crippen MR) is 131 cm³/mol. The van der Waals surface area contributed by atoms with Gasteiger partial charge < -0.3 is 14.2 Å². The van der Waals surface area contributed by atoms with Crippen LogP contribution in [0.25, 0.3) is 0 Å². The van der Waals surface area contributed by atoms with Gasteiger partial charge in [0.05, 0.1) is 29.7 Å². The summed E-state index contributed by atoms with van der Waals surface area (Å²) in [6.07, 6.45) is 7.88. The second-order valence-electron chi connectivity index (χ2n) is 9.36. The first-order valence-corrected chi connectivity index (χ1v) is 12.3. The molecule has 2 fully saturated rings. The number of hydrogen-bond donors (Lipinski definition) is 0. The zero-order chi connectivity index (χ0) is 23.7. The highest BCUT2D eigenvalue weighted by atomic mass is 35.5. The molecule has 0 amide bonds. The van der Waals surface area contributed by atoms with Crippen molar-refractivity contribution in [2.24, 2.45) is 0 Å². The zero-order valence-corrected chi connectivity index (χ0v) is 20.5. The third-order valence-corrected chi connectivity index (χ3v) is 7.56. The molecule has 1 aliphatic carbocycles. The Hall–Kier alpha value is -2.93. The van der Waals surface area contributed by atoms with Gasteiger partial charge in [-0.25, -0.2) is 0 Å². The van der Waals surface area contributed by atoms with Crippen LogP contribution >= 0.6 is 11.6 Å².